The first kappa shape index (κ1) is 12.9. The number of aromatic hydroxyl groups is 1. The fourth-order valence-electron chi connectivity index (χ4n) is 2.84. The molecule has 0 fully saturated rings. The van der Waals surface area contributed by atoms with Gasteiger partial charge in [0, 0.05) is 28.4 Å². The quantitative estimate of drug-likeness (QED) is 0.602. The number of para-hydroxylation sites is 1. The summed E-state index contributed by atoms with van der Waals surface area (Å²) >= 11 is 0. The van der Waals surface area contributed by atoms with Gasteiger partial charge in [0.1, 0.15) is 5.75 Å². The Labute approximate surface area is 127 Å². The van der Waals surface area contributed by atoms with E-state index in [1.54, 1.807) is 24.4 Å². The fourth-order valence-corrected chi connectivity index (χ4v) is 2.84. The van der Waals surface area contributed by atoms with Crippen molar-refractivity contribution in [3.8, 4) is 5.75 Å². The number of anilines is 1. The number of hydrogen-bond acceptors (Lipinski definition) is 4. The Morgan fingerprint density at radius 3 is 2.86 bits per heavy atom. The summed E-state index contributed by atoms with van der Waals surface area (Å²) in [6.07, 6.45) is 2.91. The average molecular weight is 290 g/mol. The van der Waals surface area contributed by atoms with Gasteiger partial charge in [-0.15, -0.1) is 0 Å². The van der Waals surface area contributed by atoms with Crippen molar-refractivity contribution >= 4 is 28.2 Å². The minimum absolute atomic E-state index is 0.181. The van der Waals surface area contributed by atoms with Crippen molar-refractivity contribution in [1.82, 2.24) is 4.98 Å². The summed E-state index contributed by atoms with van der Waals surface area (Å²) < 4.78 is 0. The van der Waals surface area contributed by atoms with Gasteiger partial charge in [0.05, 0.1) is 5.52 Å². The largest absolute Gasteiger partial charge is 0.508 e. The number of fused-ring (bicyclic) bond motifs is 2. The number of nitrogens with zero attached hydrogens (tertiary/aromatic N) is 1. The van der Waals surface area contributed by atoms with E-state index < -0.39 is 6.23 Å². The van der Waals surface area contributed by atoms with E-state index in [9.17, 15) is 10.2 Å². The van der Waals surface area contributed by atoms with E-state index in [0.717, 1.165) is 33.3 Å². The minimum atomic E-state index is -0.788. The van der Waals surface area contributed by atoms with Crippen LogP contribution in [0, 0.1) is 0 Å². The average Bonchev–Trinajstić information content (AvgIpc) is 2.83. The molecule has 3 aromatic rings. The summed E-state index contributed by atoms with van der Waals surface area (Å²) in [6.45, 7) is 0. The van der Waals surface area contributed by atoms with Crippen molar-refractivity contribution in [2.45, 2.75) is 6.23 Å². The van der Waals surface area contributed by atoms with Crippen molar-refractivity contribution in [2.75, 3.05) is 5.32 Å². The third-order valence-corrected chi connectivity index (χ3v) is 3.89. The third-order valence-electron chi connectivity index (χ3n) is 3.89. The molecule has 4 heteroatoms. The van der Waals surface area contributed by atoms with Crippen molar-refractivity contribution in [3.05, 3.63) is 65.9 Å². The highest BCUT2D eigenvalue weighted by atomic mass is 16.3. The molecule has 0 amide bonds. The molecule has 4 rings (SSSR count). The van der Waals surface area contributed by atoms with Gasteiger partial charge in [-0.2, -0.15) is 0 Å². The smallest absolute Gasteiger partial charge is 0.151 e. The second-order valence-electron chi connectivity index (χ2n) is 5.29. The first-order valence-electron chi connectivity index (χ1n) is 7.06. The Hall–Kier alpha value is -2.85. The first-order chi connectivity index (χ1) is 10.7. The molecule has 1 aliphatic heterocycles. The maximum atomic E-state index is 10.3. The molecule has 0 aliphatic carbocycles. The van der Waals surface area contributed by atoms with Gasteiger partial charge in [-0.25, -0.2) is 0 Å². The van der Waals surface area contributed by atoms with Gasteiger partial charge in [-0.3, -0.25) is 4.98 Å². The maximum Gasteiger partial charge on any atom is 0.151 e. The lowest BCUT2D eigenvalue weighted by molar-refractivity contribution is 0.266. The lowest BCUT2D eigenvalue weighted by atomic mass is 10.0. The lowest BCUT2D eigenvalue weighted by Gasteiger charge is -2.07. The summed E-state index contributed by atoms with van der Waals surface area (Å²) in [5.74, 6) is 0.181. The molecule has 3 N–H and O–H groups in total. The van der Waals surface area contributed by atoms with Crippen molar-refractivity contribution < 1.29 is 10.2 Å². The molecule has 1 unspecified atom stereocenters. The zero-order valence-corrected chi connectivity index (χ0v) is 11.7. The van der Waals surface area contributed by atoms with Gasteiger partial charge in [0.25, 0.3) is 0 Å². The number of hydrogen-bond donors (Lipinski definition) is 3. The molecule has 2 aromatic carbocycles. The van der Waals surface area contributed by atoms with E-state index in [4.69, 9.17) is 0 Å². The number of aromatic nitrogens is 1. The van der Waals surface area contributed by atoms with Crippen LogP contribution in [0.15, 0.2) is 54.7 Å². The topological polar surface area (TPSA) is 65.4 Å². The Morgan fingerprint density at radius 1 is 1.09 bits per heavy atom. The summed E-state index contributed by atoms with van der Waals surface area (Å²) in [5, 5.41) is 24.0. The standard InChI is InChI=1S/C18H14N2O2/c21-12-5-6-17-14(10-12)15(18(22)20-17)9-11-7-8-19-16-4-2-1-3-13(11)16/h1-10,18,20-22H. The van der Waals surface area contributed by atoms with Crippen LogP contribution in [0.25, 0.3) is 22.6 Å². The van der Waals surface area contributed by atoms with Gasteiger partial charge < -0.3 is 15.5 Å². The second kappa shape index (κ2) is 4.86. The molecule has 0 spiro atoms. The van der Waals surface area contributed by atoms with Gasteiger partial charge >= 0.3 is 0 Å². The molecule has 108 valence electrons. The Balaban J connectivity index is 1.91. The lowest BCUT2D eigenvalue weighted by Crippen LogP contribution is -2.12. The van der Waals surface area contributed by atoms with Crippen LogP contribution in [0.5, 0.6) is 5.75 Å². The van der Waals surface area contributed by atoms with Gasteiger partial charge in [0.2, 0.25) is 0 Å². The normalized spacial score (nSPS) is 18.4. The molecule has 1 aromatic heterocycles. The first-order valence-corrected chi connectivity index (χ1v) is 7.06. The van der Waals surface area contributed by atoms with Gasteiger partial charge in [-0.1, -0.05) is 18.2 Å². The predicted octanol–water partition coefficient (Wildman–Crippen LogP) is 3.22. The summed E-state index contributed by atoms with van der Waals surface area (Å²) in [6, 6.07) is 14.8. The van der Waals surface area contributed by atoms with Crippen LogP contribution in [0.4, 0.5) is 5.69 Å². The van der Waals surface area contributed by atoms with E-state index in [1.807, 2.05) is 36.4 Å². The highest BCUT2D eigenvalue weighted by molar-refractivity contribution is 5.99. The SMILES string of the molecule is Oc1ccc2c(c1)C(=Cc1ccnc3ccccc13)C(O)N2. The molecule has 2 heterocycles. The van der Waals surface area contributed by atoms with Crippen molar-refractivity contribution in [2.24, 2.45) is 0 Å². The highest BCUT2D eigenvalue weighted by Crippen LogP contribution is 2.38. The van der Waals surface area contributed by atoms with E-state index in [0.29, 0.717) is 0 Å². The number of nitrogens with one attached hydrogen (secondary N) is 1. The van der Waals surface area contributed by atoms with Gasteiger partial charge in [-0.05, 0) is 42.0 Å². The van der Waals surface area contributed by atoms with Crippen LogP contribution in [0.3, 0.4) is 0 Å². The van der Waals surface area contributed by atoms with Crippen LogP contribution < -0.4 is 5.32 Å². The number of pyridine rings is 1. The number of phenols is 1. The Morgan fingerprint density at radius 2 is 1.95 bits per heavy atom. The molecule has 1 aliphatic rings. The van der Waals surface area contributed by atoms with Crippen LogP contribution in [0.1, 0.15) is 11.1 Å². The second-order valence-corrected chi connectivity index (χ2v) is 5.29. The fraction of sp³-hybridized carbons (Fsp3) is 0.0556. The van der Waals surface area contributed by atoms with Crippen molar-refractivity contribution in [3.63, 3.8) is 0 Å². The summed E-state index contributed by atoms with van der Waals surface area (Å²) in [4.78, 5) is 4.35. The Kier molecular flexibility index (Phi) is 2.84. The zero-order chi connectivity index (χ0) is 15.1. The third kappa shape index (κ3) is 2.01. The molecule has 1 atom stereocenters. The molecular formula is C18H14N2O2. The summed E-state index contributed by atoms with van der Waals surface area (Å²) in [7, 11) is 0. The molecule has 0 radical (unpaired) electrons. The molecule has 0 saturated heterocycles. The van der Waals surface area contributed by atoms with E-state index in [1.165, 1.54) is 0 Å². The monoisotopic (exact) mass is 290 g/mol. The van der Waals surface area contributed by atoms with Gasteiger partial charge in [0.15, 0.2) is 6.23 Å². The molecule has 0 saturated carbocycles. The number of aliphatic hydroxyl groups is 1. The Bertz CT molecular complexity index is 897. The molecule has 22 heavy (non-hydrogen) atoms. The molecular weight excluding hydrogens is 276 g/mol. The van der Waals surface area contributed by atoms with E-state index in [2.05, 4.69) is 10.3 Å². The van der Waals surface area contributed by atoms with Crippen LogP contribution in [-0.4, -0.2) is 21.4 Å². The summed E-state index contributed by atoms with van der Waals surface area (Å²) in [5.41, 5.74) is 4.26. The minimum Gasteiger partial charge on any atom is -0.508 e. The molecule has 4 nitrogen and oxygen atoms in total. The number of phenolic OH excluding ortho intramolecular Hbond substituents is 1. The predicted molar refractivity (Wildman–Crippen MR) is 87.4 cm³/mol. The number of aliphatic hydroxyl groups excluding tert-OH is 1. The number of benzene rings is 2. The van der Waals surface area contributed by atoms with Crippen molar-refractivity contribution in [1.29, 1.82) is 0 Å². The van der Waals surface area contributed by atoms with E-state index >= 15 is 0 Å². The van der Waals surface area contributed by atoms with Crippen LogP contribution >= 0.6 is 0 Å². The number of rotatable bonds is 1. The highest BCUT2D eigenvalue weighted by Gasteiger charge is 2.24. The molecule has 0 bridgehead atoms. The van der Waals surface area contributed by atoms with E-state index in [-0.39, 0.29) is 5.75 Å². The van der Waals surface area contributed by atoms with Crippen LogP contribution in [0.2, 0.25) is 0 Å². The maximum absolute atomic E-state index is 10.3. The van der Waals surface area contributed by atoms with Crippen LogP contribution in [-0.2, 0) is 0 Å². The zero-order valence-electron chi connectivity index (χ0n) is 11.7.